The summed E-state index contributed by atoms with van der Waals surface area (Å²) in [4.78, 5) is 10.6. The molecule has 0 amide bonds. The van der Waals surface area contributed by atoms with E-state index in [0.29, 0.717) is 13.0 Å². The van der Waals surface area contributed by atoms with Crippen molar-refractivity contribution in [2.75, 3.05) is 7.11 Å². The van der Waals surface area contributed by atoms with Crippen molar-refractivity contribution < 1.29 is 19.4 Å². The predicted molar refractivity (Wildman–Crippen MR) is 105 cm³/mol. The summed E-state index contributed by atoms with van der Waals surface area (Å²) in [6.45, 7) is 0.465. The molecule has 1 N–H and O–H groups in total. The van der Waals surface area contributed by atoms with Crippen LogP contribution < -0.4 is 9.47 Å². The smallest absolute Gasteiger partial charge is 0.303 e. The van der Waals surface area contributed by atoms with Gasteiger partial charge in [0.2, 0.25) is 0 Å². The first-order valence-corrected chi connectivity index (χ1v) is 8.81. The van der Waals surface area contributed by atoms with Gasteiger partial charge in [0.25, 0.3) is 0 Å². The van der Waals surface area contributed by atoms with Crippen LogP contribution in [0.2, 0.25) is 0 Å². The maximum Gasteiger partial charge on any atom is 0.303 e. The molecule has 3 aromatic carbocycles. The van der Waals surface area contributed by atoms with E-state index in [4.69, 9.17) is 14.6 Å². The van der Waals surface area contributed by atoms with Crippen LogP contribution in [0.15, 0.2) is 72.8 Å². The Balaban J connectivity index is 1.63. The van der Waals surface area contributed by atoms with Crippen LogP contribution in [0.3, 0.4) is 0 Å². The van der Waals surface area contributed by atoms with Gasteiger partial charge in [-0.15, -0.1) is 0 Å². The largest absolute Gasteiger partial charge is 0.497 e. The third-order valence-corrected chi connectivity index (χ3v) is 4.29. The van der Waals surface area contributed by atoms with Crippen molar-refractivity contribution in [3.63, 3.8) is 0 Å². The van der Waals surface area contributed by atoms with Gasteiger partial charge in [-0.2, -0.15) is 0 Å². The quantitative estimate of drug-likeness (QED) is 0.615. The van der Waals surface area contributed by atoms with Crippen LogP contribution in [0.25, 0.3) is 11.1 Å². The van der Waals surface area contributed by atoms with Gasteiger partial charge in [0.1, 0.15) is 18.1 Å². The first kappa shape index (κ1) is 18.5. The van der Waals surface area contributed by atoms with Crippen LogP contribution in [-0.2, 0) is 17.8 Å². The Morgan fingerprint density at radius 1 is 0.852 bits per heavy atom. The summed E-state index contributed by atoms with van der Waals surface area (Å²) in [5.41, 5.74) is 4.27. The Morgan fingerprint density at radius 3 is 2.26 bits per heavy atom. The maximum absolute atomic E-state index is 10.6. The molecule has 0 radical (unpaired) electrons. The fourth-order valence-corrected chi connectivity index (χ4v) is 2.81. The summed E-state index contributed by atoms with van der Waals surface area (Å²) in [5, 5.41) is 8.74. The summed E-state index contributed by atoms with van der Waals surface area (Å²) in [6.07, 6.45) is 0.662. The molecular formula is C23H22O4. The number of ether oxygens (including phenoxy) is 2. The van der Waals surface area contributed by atoms with Gasteiger partial charge >= 0.3 is 5.97 Å². The Bertz CT molecular complexity index is 900. The number of carboxylic acid groups (broad SMARTS) is 1. The number of methoxy groups -OCH3 is 1. The van der Waals surface area contributed by atoms with Gasteiger partial charge in [-0.3, -0.25) is 4.79 Å². The summed E-state index contributed by atoms with van der Waals surface area (Å²) in [5.74, 6) is 0.809. The number of hydrogen-bond acceptors (Lipinski definition) is 3. The molecular weight excluding hydrogens is 340 g/mol. The lowest BCUT2D eigenvalue weighted by atomic mass is 10.0. The van der Waals surface area contributed by atoms with E-state index in [-0.39, 0.29) is 6.42 Å². The van der Waals surface area contributed by atoms with Crippen molar-refractivity contribution in [3.05, 3.63) is 83.9 Å². The zero-order valence-electron chi connectivity index (χ0n) is 15.2. The van der Waals surface area contributed by atoms with Gasteiger partial charge in [-0.05, 0) is 59.0 Å². The van der Waals surface area contributed by atoms with Crippen molar-refractivity contribution in [3.8, 4) is 22.6 Å². The van der Waals surface area contributed by atoms with E-state index in [2.05, 4.69) is 18.2 Å². The van der Waals surface area contributed by atoms with E-state index < -0.39 is 5.97 Å². The number of carbonyl (C=O) groups is 1. The molecule has 0 aliphatic rings. The molecule has 3 rings (SSSR count). The number of aryl methyl sites for hydroxylation is 1. The maximum atomic E-state index is 10.6. The average Bonchev–Trinajstić information content (AvgIpc) is 2.71. The second-order valence-electron chi connectivity index (χ2n) is 6.26. The van der Waals surface area contributed by atoms with E-state index in [0.717, 1.165) is 33.8 Å². The van der Waals surface area contributed by atoms with Gasteiger partial charge in [-0.25, -0.2) is 0 Å². The third kappa shape index (κ3) is 5.35. The highest BCUT2D eigenvalue weighted by Crippen LogP contribution is 2.25. The second-order valence-corrected chi connectivity index (χ2v) is 6.26. The summed E-state index contributed by atoms with van der Waals surface area (Å²) in [6, 6.07) is 23.8. The number of hydrogen-bond donors (Lipinski definition) is 1. The van der Waals surface area contributed by atoms with Crippen molar-refractivity contribution in [1.29, 1.82) is 0 Å². The van der Waals surface area contributed by atoms with Crippen LogP contribution in [-0.4, -0.2) is 18.2 Å². The number of carboxylic acids is 1. The Labute approximate surface area is 159 Å². The van der Waals surface area contributed by atoms with Crippen LogP contribution in [0.5, 0.6) is 11.5 Å². The van der Waals surface area contributed by atoms with Gasteiger partial charge in [0.05, 0.1) is 7.11 Å². The van der Waals surface area contributed by atoms with Crippen molar-refractivity contribution in [2.45, 2.75) is 19.4 Å². The molecule has 0 atom stereocenters. The highest BCUT2D eigenvalue weighted by molar-refractivity contribution is 5.67. The van der Waals surface area contributed by atoms with E-state index >= 15 is 0 Å². The van der Waals surface area contributed by atoms with E-state index in [1.54, 1.807) is 7.11 Å². The molecule has 0 saturated heterocycles. The van der Waals surface area contributed by atoms with Gasteiger partial charge < -0.3 is 14.6 Å². The molecule has 0 spiro atoms. The minimum atomic E-state index is -0.786. The Hall–Kier alpha value is -3.27. The van der Waals surface area contributed by atoms with E-state index in [1.165, 1.54) is 0 Å². The molecule has 0 unspecified atom stereocenters. The molecule has 0 bridgehead atoms. The van der Waals surface area contributed by atoms with Crippen LogP contribution >= 0.6 is 0 Å². The predicted octanol–water partition coefficient (Wildman–Crippen LogP) is 4.96. The molecule has 4 nitrogen and oxygen atoms in total. The monoisotopic (exact) mass is 362 g/mol. The zero-order valence-corrected chi connectivity index (χ0v) is 15.2. The molecule has 27 heavy (non-hydrogen) atoms. The number of benzene rings is 3. The number of rotatable bonds is 8. The van der Waals surface area contributed by atoms with E-state index in [9.17, 15) is 4.79 Å². The molecule has 0 aliphatic heterocycles. The lowest BCUT2D eigenvalue weighted by molar-refractivity contribution is -0.136. The minimum absolute atomic E-state index is 0.136. The Morgan fingerprint density at radius 2 is 1.56 bits per heavy atom. The van der Waals surface area contributed by atoms with Crippen molar-refractivity contribution in [1.82, 2.24) is 0 Å². The van der Waals surface area contributed by atoms with Crippen LogP contribution in [0, 0.1) is 0 Å². The molecule has 0 heterocycles. The third-order valence-electron chi connectivity index (χ3n) is 4.29. The second kappa shape index (κ2) is 8.90. The summed E-state index contributed by atoms with van der Waals surface area (Å²) >= 11 is 0. The highest BCUT2D eigenvalue weighted by Gasteiger charge is 2.03. The van der Waals surface area contributed by atoms with Gasteiger partial charge in [-0.1, -0.05) is 42.5 Å². The Kier molecular flexibility index (Phi) is 6.10. The SMILES string of the molecule is COc1cccc(-c2cccc(COc3ccc(CCC(=O)O)cc3)c2)c1. The number of aliphatic carboxylic acids is 1. The molecule has 0 saturated carbocycles. The lowest BCUT2D eigenvalue weighted by Gasteiger charge is -2.09. The van der Waals surface area contributed by atoms with Crippen molar-refractivity contribution >= 4 is 5.97 Å². The van der Waals surface area contributed by atoms with Crippen LogP contribution in [0.4, 0.5) is 0 Å². The zero-order chi connectivity index (χ0) is 19.1. The standard InChI is InChI=1S/C23H22O4/c1-26-22-7-3-6-20(15-22)19-5-2-4-18(14-19)16-27-21-11-8-17(9-12-21)10-13-23(24)25/h2-9,11-12,14-15H,10,13,16H2,1H3,(H,24,25). The minimum Gasteiger partial charge on any atom is -0.497 e. The fraction of sp³-hybridized carbons (Fsp3) is 0.174. The molecule has 0 aliphatic carbocycles. The van der Waals surface area contributed by atoms with Crippen LogP contribution in [0.1, 0.15) is 17.5 Å². The molecule has 0 aromatic heterocycles. The molecule has 138 valence electrons. The average molecular weight is 362 g/mol. The summed E-state index contributed by atoms with van der Waals surface area (Å²) < 4.78 is 11.2. The molecule has 3 aromatic rings. The van der Waals surface area contributed by atoms with E-state index in [1.807, 2.05) is 54.6 Å². The molecule has 4 heteroatoms. The highest BCUT2D eigenvalue weighted by atomic mass is 16.5. The van der Waals surface area contributed by atoms with Gasteiger partial charge in [0, 0.05) is 6.42 Å². The van der Waals surface area contributed by atoms with Crippen molar-refractivity contribution in [2.24, 2.45) is 0 Å². The topological polar surface area (TPSA) is 55.8 Å². The first-order valence-electron chi connectivity index (χ1n) is 8.81. The lowest BCUT2D eigenvalue weighted by Crippen LogP contribution is -1.98. The molecule has 0 fully saturated rings. The first-order chi connectivity index (χ1) is 13.1. The summed E-state index contributed by atoms with van der Waals surface area (Å²) in [7, 11) is 1.66. The van der Waals surface area contributed by atoms with Gasteiger partial charge in [0.15, 0.2) is 0 Å². The normalized spacial score (nSPS) is 10.4. The fourth-order valence-electron chi connectivity index (χ4n) is 2.81.